The molecule has 0 aliphatic rings. The van der Waals surface area contributed by atoms with Gasteiger partial charge in [0.2, 0.25) is 11.3 Å². The minimum Gasteiger partial charge on any atom is -0.445 e. The number of fused-ring (bicyclic) bond motifs is 2. The number of rotatable bonds is 5. The molecule has 0 aliphatic carbocycles. The number of carbonyl (C=O) groups is 2. The number of benzene rings is 3. The van der Waals surface area contributed by atoms with E-state index in [9.17, 15) is 14.4 Å². The summed E-state index contributed by atoms with van der Waals surface area (Å²) in [6, 6.07) is 24.4. The molecule has 0 spiro atoms. The Labute approximate surface area is 182 Å². The lowest BCUT2D eigenvalue weighted by atomic mass is 9.99. The SMILES string of the molecule is O=C(OC(C(=O)c1c[nH]c2ccccc12)c1ccccc1)c1cc(=O)[nH]c2ccccc12. The number of nitrogens with one attached hydrogen (secondary N) is 2. The van der Waals surface area contributed by atoms with Crippen LogP contribution in [-0.2, 0) is 4.74 Å². The molecule has 0 amide bonds. The van der Waals surface area contributed by atoms with E-state index in [0.717, 1.165) is 10.9 Å². The van der Waals surface area contributed by atoms with Crippen LogP contribution in [0.4, 0.5) is 0 Å². The van der Waals surface area contributed by atoms with Gasteiger partial charge >= 0.3 is 5.97 Å². The topological polar surface area (TPSA) is 92.0 Å². The van der Waals surface area contributed by atoms with Crippen LogP contribution in [0.25, 0.3) is 21.8 Å². The summed E-state index contributed by atoms with van der Waals surface area (Å²) in [4.78, 5) is 44.6. The van der Waals surface area contributed by atoms with E-state index in [2.05, 4.69) is 9.97 Å². The van der Waals surface area contributed by atoms with Crippen LogP contribution in [0.2, 0.25) is 0 Å². The summed E-state index contributed by atoms with van der Waals surface area (Å²) in [5, 5.41) is 1.29. The fraction of sp³-hybridized carbons (Fsp3) is 0.0385. The molecule has 32 heavy (non-hydrogen) atoms. The largest absolute Gasteiger partial charge is 0.445 e. The van der Waals surface area contributed by atoms with Crippen LogP contribution >= 0.6 is 0 Å². The number of aromatic nitrogens is 2. The monoisotopic (exact) mass is 422 g/mol. The second kappa shape index (κ2) is 8.00. The molecule has 2 N–H and O–H groups in total. The zero-order valence-electron chi connectivity index (χ0n) is 16.9. The van der Waals surface area contributed by atoms with E-state index in [4.69, 9.17) is 4.74 Å². The Kier molecular flexibility index (Phi) is 4.88. The smallest absolute Gasteiger partial charge is 0.340 e. The molecule has 6 heteroatoms. The minimum atomic E-state index is -1.17. The second-order valence-electron chi connectivity index (χ2n) is 7.40. The highest BCUT2D eigenvalue weighted by Crippen LogP contribution is 2.28. The maximum absolute atomic E-state index is 13.6. The first-order chi connectivity index (χ1) is 15.6. The fourth-order valence-corrected chi connectivity index (χ4v) is 3.86. The Morgan fingerprint density at radius 2 is 1.38 bits per heavy atom. The standard InChI is InChI=1S/C26H18N2O4/c29-23-14-19(17-10-5-7-13-22(17)28-23)26(31)32-25(16-8-2-1-3-9-16)24(30)20-15-27-21-12-6-4-11-18(20)21/h1-15,25,27H,(H,28,29). The molecule has 5 rings (SSSR count). The minimum absolute atomic E-state index is 0.108. The molecule has 2 heterocycles. The zero-order valence-corrected chi connectivity index (χ0v) is 16.9. The molecule has 0 fully saturated rings. The summed E-state index contributed by atoms with van der Waals surface area (Å²) >= 11 is 0. The van der Waals surface area contributed by atoms with E-state index >= 15 is 0 Å². The summed E-state index contributed by atoms with van der Waals surface area (Å²) in [6.45, 7) is 0. The molecule has 0 bridgehead atoms. The van der Waals surface area contributed by atoms with Crippen molar-refractivity contribution in [3.8, 4) is 0 Å². The summed E-state index contributed by atoms with van der Waals surface area (Å²) < 4.78 is 5.77. The lowest BCUT2D eigenvalue weighted by Gasteiger charge is -2.18. The van der Waals surface area contributed by atoms with Crippen molar-refractivity contribution < 1.29 is 14.3 Å². The van der Waals surface area contributed by atoms with Crippen LogP contribution in [0.5, 0.6) is 0 Å². The quantitative estimate of drug-likeness (QED) is 0.315. The van der Waals surface area contributed by atoms with Crippen molar-refractivity contribution in [1.82, 2.24) is 9.97 Å². The van der Waals surface area contributed by atoms with Crippen LogP contribution in [0.1, 0.15) is 32.4 Å². The molecule has 1 atom stereocenters. The van der Waals surface area contributed by atoms with Crippen molar-refractivity contribution in [2.24, 2.45) is 0 Å². The number of ketones is 1. The van der Waals surface area contributed by atoms with Gasteiger partial charge < -0.3 is 14.7 Å². The fourth-order valence-electron chi connectivity index (χ4n) is 3.86. The first-order valence-electron chi connectivity index (χ1n) is 10.1. The van der Waals surface area contributed by atoms with Gasteiger partial charge in [0, 0.05) is 45.2 Å². The number of Topliss-reactive ketones (excluding diaryl/α,β-unsaturated/α-hetero) is 1. The summed E-state index contributed by atoms with van der Waals surface area (Å²) in [5.41, 5.74) is 2.00. The van der Waals surface area contributed by atoms with Crippen molar-refractivity contribution >= 4 is 33.6 Å². The lowest BCUT2D eigenvalue weighted by Crippen LogP contribution is -2.21. The van der Waals surface area contributed by atoms with E-state index in [1.807, 2.05) is 30.3 Å². The Morgan fingerprint density at radius 1 is 0.750 bits per heavy atom. The molecule has 0 saturated heterocycles. The molecule has 2 aromatic heterocycles. The first-order valence-corrected chi connectivity index (χ1v) is 10.1. The van der Waals surface area contributed by atoms with E-state index in [-0.39, 0.29) is 11.3 Å². The van der Waals surface area contributed by atoms with Crippen LogP contribution in [-0.4, -0.2) is 21.7 Å². The number of pyridine rings is 1. The Balaban J connectivity index is 1.58. The van der Waals surface area contributed by atoms with Gasteiger partial charge in [0.05, 0.1) is 5.56 Å². The van der Waals surface area contributed by atoms with Gasteiger partial charge in [0.25, 0.3) is 0 Å². The predicted octanol–water partition coefficient (Wildman–Crippen LogP) is 4.79. The van der Waals surface area contributed by atoms with E-state index in [0.29, 0.717) is 22.0 Å². The molecule has 156 valence electrons. The van der Waals surface area contributed by atoms with E-state index in [1.54, 1.807) is 54.7 Å². The second-order valence-corrected chi connectivity index (χ2v) is 7.40. The van der Waals surface area contributed by atoms with Crippen LogP contribution in [0.15, 0.2) is 95.9 Å². The molecular formula is C26H18N2O4. The van der Waals surface area contributed by atoms with E-state index in [1.165, 1.54) is 6.07 Å². The number of ether oxygens (including phenoxy) is 1. The Hall–Kier alpha value is -4.45. The maximum Gasteiger partial charge on any atom is 0.340 e. The molecule has 0 radical (unpaired) electrons. The zero-order chi connectivity index (χ0) is 22.1. The molecule has 1 unspecified atom stereocenters. The highest BCUT2D eigenvalue weighted by atomic mass is 16.5. The molecule has 5 aromatic rings. The van der Waals surface area contributed by atoms with Gasteiger partial charge in [-0.2, -0.15) is 0 Å². The van der Waals surface area contributed by atoms with Gasteiger partial charge in [-0.1, -0.05) is 66.7 Å². The number of H-pyrrole nitrogens is 2. The highest BCUT2D eigenvalue weighted by Gasteiger charge is 2.29. The van der Waals surface area contributed by atoms with E-state index < -0.39 is 17.6 Å². The number of aromatic amines is 2. The van der Waals surface area contributed by atoms with Crippen LogP contribution in [0, 0.1) is 0 Å². The first kappa shape index (κ1) is 19.5. The number of hydrogen-bond acceptors (Lipinski definition) is 4. The van der Waals surface area contributed by atoms with Crippen molar-refractivity contribution in [3.05, 3.63) is 118 Å². The van der Waals surface area contributed by atoms with Gasteiger partial charge in [0.1, 0.15) is 0 Å². The number of para-hydroxylation sites is 2. The highest BCUT2D eigenvalue weighted by molar-refractivity contribution is 6.11. The third-order valence-electron chi connectivity index (χ3n) is 5.39. The van der Waals surface area contributed by atoms with Gasteiger partial charge in [-0.15, -0.1) is 0 Å². The number of hydrogen-bond donors (Lipinski definition) is 2. The predicted molar refractivity (Wildman–Crippen MR) is 122 cm³/mol. The molecule has 0 saturated carbocycles. The Morgan fingerprint density at radius 3 is 2.12 bits per heavy atom. The van der Waals surface area contributed by atoms with Gasteiger partial charge in [0.15, 0.2) is 6.10 Å². The third kappa shape index (κ3) is 3.48. The number of carbonyl (C=O) groups excluding carboxylic acids is 2. The lowest BCUT2D eigenvalue weighted by molar-refractivity contribution is 0.0282. The van der Waals surface area contributed by atoms with Gasteiger partial charge in [-0.3, -0.25) is 9.59 Å². The van der Waals surface area contributed by atoms with Crippen LogP contribution < -0.4 is 5.56 Å². The molecule has 0 aliphatic heterocycles. The van der Waals surface area contributed by atoms with Crippen LogP contribution in [0.3, 0.4) is 0 Å². The Bertz CT molecular complexity index is 1520. The van der Waals surface area contributed by atoms with Crippen molar-refractivity contribution in [1.29, 1.82) is 0 Å². The average molecular weight is 422 g/mol. The average Bonchev–Trinajstić information content (AvgIpc) is 3.26. The summed E-state index contributed by atoms with van der Waals surface area (Å²) in [5.74, 6) is -1.09. The third-order valence-corrected chi connectivity index (χ3v) is 5.39. The molecule has 3 aromatic carbocycles. The van der Waals surface area contributed by atoms with Gasteiger partial charge in [-0.05, 0) is 12.1 Å². The number of esters is 1. The van der Waals surface area contributed by atoms with Crippen molar-refractivity contribution in [2.75, 3.05) is 0 Å². The summed E-state index contributed by atoms with van der Waals surface area (Å²) in [6.07, 6.45) is 0.459. The van der Waals surface area contributed by atoms with Crippen molar-refractivity contribution in [2.45, 2.75) is 6.10 Å². The molecular weight excluding hydrogens is 404 g/mol. The van der Waals surface area contributed by atoms with Gasteiger partial charge in [-0.25, -0.2) is 4.79 Å². The summed E-state index contributed by atoms with van der Waals surface area (Å²) in [7, 11) is 0. The normalized spacial score (nSPS) is 12.0. The van der Waals surface area contributed by atoms with Crippen molar-refractivity contribution in [3.63, 3.8) is 0 Å². The molecule has 6 nitrogen and oxygen atoms in total. The maximum atomic E-state index is 13.6.